The molecule has 0 saturated heterocycles. The minimum absolute atomic E-state index is 0.0150. The molecule has 0 radical (unpaired) electrons. The predicted octanol–water partition coefficient (Wildman–Crippen LogP) is 4.12. The van der Waals surface area contributed by atoms with Crippen LogP contribution in [0, 0.1) is 16.0 Å². The fourth-order valence-corrected chi connectivity index (χ4v) is 2.12. The molecule has 1 atom stereocenters. The molecule has 0 heterocycles. The van der Waals surface area contributed by atoms with Crippen LogP contribution in [0.25, 0.3) is 0 Å². The summed E-state index contributed by atoms with van der Waals surface area (Å²) in [5.41, 5.74) is 0.917. The van der Waals surface area contributed by atoms with Crippen molar-refractivity contribution < 1.29 is 4.92 Å². The molecule has 106 valence electrons. The van der Waals surface area contributed by atoms with Gasteiger partial charge >= 0.3 is 0 Å². The maximum Gasteiger partial charge on any atom is 0.288 e. The molecule has 0 aliphatic heterocycles. The van der Waals surface area contributed by atoms with Crippen LogP contribution in [-0.2, 0) is 6.54 Å². The van der Waals surface area contributed by atoms with Crippen molar-refractivity contribution in [2.24, 2.45) is 5.92 Å². The first-order chi connectivity index (χ1) is 8.97. The van der Waals surface area contributed by atoms with Gasteiger partial charge in [-0.05, 0) is 24.1 Å². The smallest absolute Gasteiger partial charge is 0.288 e. The molecular formula is C14H21ClN2O2. The van der Waals surface area contributed by atoms with E-state index in [9.17, 15) is 10.1 Å². The van der Waals surface area contributed by atoms with Crippen molar-refractivity contribution in [2.45, 2.75) is 33.7 Å². The lowest BCUT2D eigenvalue weighted by atomic mass is 10.1. The van der Waals surface area contributed by atoms with Crippen molar-refractivity contribution >= 4 is 17.3 Å². The zero-order chi connectivity index (χ0) is 14.4. The number of nitro benzene ring substituents is 1. The van der Waals surface area contributed by atoms with Gasteiger partial charge in [0.05, 0.1) is 4.92 Å². The first kappa shape index (κ1) is 15.9. The van der Waals surface area contributed by atoms with Crippen molar-refractivity contribution in [3.8, 4) is 0 Å². The van der Waals surface area contributed by atoms with E-state index in [4.69, 9.17) is 11.6 Å². The summed E-state index contributed by atoms with van der Waals surface area (Å²) < 4.78 is 0. The van der Waals surface area contributed by atoms with Gasteiger partial charge in [-0.1, -0.05) is 44.9 Å². The normalized spacial score (nSPS) is 12.7. The summed E-state index contributed by atoms with van der Waals surface area (Å²) in [4.78, 5) is 12.7. The lowest BCUT2D eigenvalue weighted by Crippen LogP contribution is -2.27. The molecule has 0 aromatic heterocycles. The SMILES string of the molecule is CCC(C)CN(CC)Cc1ccc(Cl)c([N+](=O)[O-])c1. The highest BCUT2D eigenvalue weighted by Crippen LogP contribution is 2.25. The number of halogens is 1. The molecule has 1 aromatic rings. The van der Waals surface area contributed by atoms with E-state index >= 15 is 0 Å². The molecule has 1 unspecified atom stereocenters. The topological polar surface area (TPSA) is 46.4 Å². The maximum atomic E-state index is 10.9. The van der Waals surface area contributed by atoms with Crippen molar-refractivity contribution in [3.05, 3.63) is 38.9 Å². The Morgan fingerprint density at radius 1 is 1.42 bits per heavy atom. The van der Waals surface area contributed by atoms with Gasteiger partial charge in [-0.2, -0.15) is 0 Å². The Morgan fingerprint density at radius 3 is 2.63 bits per heavy atom. The van der Waals surface area contributed by atoms with E-state index in [0.717, 1.165) is 31.6 Å². The summed E-state index contributed by atoms with van der Waals surface area (Å²) in [5.74, 6) is 0.627. The predicted molar refractivity (Wildman–Crippen MR) is 78.5 cm³/mol. The van der Waals surface area contributed by atoms with Gasteiger partial charge in [-0.3, -0.25) is 15.0 Å². The number of nitro groups is 1. The van der Waals surface area contributed by atoms with Crippen LogP contribution in [0.2, 0.25) is 5.02 Å². The van der Waals surface area contributed by atoms with Gasteiger partial charge in [-0.15, -0.1) is 0 Å². The first-order valence-electron chi connectivity index (χ1n) is 6.63. The van der Waals surface area contributed by atoms with Gasteiger partial charge in [-0.25, -0.2) is 0 Å². The molecule has 4 nitrogen and oxygen atoms in total. The van der Waals surface area contributed by atoms with Crippen LogP contribution in [0.1, 0.15) is 32.8 Å². The molecule has 0 amide bonds. The Kier molecular flexibility index (Phi) is 6.25. The summed E-state index contributed by atoms with van der Waals surface area (Å²) in [6, 6.07) is 5.03. The van der Waals surface area contributed by atoms with E-state index in [2.05, 4.69) is 25.7 Å². The van der Waals surface area contributed by atoms with Crippen LogP contribution < -0.4 is 0 Å². The van der Waals surface area contributed by atoms with Crippen LogP contribution in [0.5, 0.6) is 0 Å². The third-order valence-corrected chi connectivity index (χ3v) is 3.65. The molecule has 0 N–H and O–H groups in total. The molecule has 5 heteroatoms. The summed E-state index contributed by atoms with van der Waals surface area (Å²) in [6.07, 6.45) is 1.14. The molecule has 0 saturated carbocycles. The monoisotopic (exact) mass is 284 g/mol. The van der Waals surface area contributed by atoms with Crippen LogP contribution in [0.15, 0.2) is 18.2 Å². The van der Waals surface area contributed by atoms with Crippen LogP contribution in [0.3, 0.4) is 0 Å². The van der Waals surface area contributed by atoms with Gasteiger partial charge in [0.1, 0.15) is 5.02 Å². The highest BCUT2D eigenvalue weighted by molar-refractivity contribution is 6.32. The molecule has 19 heavy (non-hydrogen) atoms. The molecular weight excluding hydrogens is 264 g/mol. The zero-order valence-electron chi connectivity index (χ0n) is 11.7. The molecule has 1 aromatic carbocycles. The molecule has 0 fully saturated rings. The minimum Gasteiger partial charge on any atom is -0.299 e. The van der Waals surface area contributed by atoms with E-state index in [1.807, 2.05) is 6.07 Å². The number of nitrogens with zero attached hydrogens (tertiary/aromatic N) is 2. The van der Waals surface area contributed by atoms with Crippen LogP contribution >= 0.6 is 11.6 Å². The number of benzene rings is 1. The quantitative estimate of drug-likeness (QED) is 0.559. The van der Waals surface area contributed by atoms with E-state index in [1.54, 1.807) is 12.1 Å². The molecule has 0 bridgehead atoms. The Hall–Kier alpha value is -1.13. The third-order valence-electron chi connectivity index (χ3n) is 3.33. The average molecular weight is 285 g/mol. The molecule has 0 aliphatic rings. The third kappa shape index (κ3) is 4.80. The Labute approximate surface area is 119 Å². The standard InChI is InChI=1S/C14H21ClN2O2/c1-4-11(3)9-16(5-2)10-12-6-7-13(15)14(8-12)17(18)19/h6-8,11H,4-5,9-10H2,1-3H3. The Balaban J connectivity index is 2.80. The first-order valence-corrected chi connectivity index (χ1v) is 7.00. The minimum atomic E-state index is -0.434. The average Bonchev–Trinajstić information content (AvgIpc) is 2.39. The van der Waals surface area contributed by atoms with E-state index in [1.165, 1.54) is 0 Å². The largest absolute Gasteiger partial charge is 0.299 e. The maximum absolute atomic E-state index is 10.9. The summed E-state index contributed by atoms with van der Waals surface area (Å²) in [6.45, 7) is 9.15. The van der Waals surface area contributed by atoms with E-state index < -0.39 is 4.92 Å². The summed E-state index contributed by atoms with van der Waals surface area (Å²) >= 11 is 5.81. The second-order valence-electron chi connectivity index (χ2n) is 4.88. The molecule has 0 aliphatic carbocycles. The number of hydrogen-bond acceptors (Lipinski definition) is 3. The van der Waals surface area contributed by atoms with Gasteiger partial charge in [0.2, 0.25) is 0 Å². The summed E-state index contributed by atoms with van der Waals surface area (Å²) in [7, 11) is 0. The van der Waals surface area contributed by atoms with E-state index in [0.29, 0.717) is 5.92 Å². The fourth-order valence-electron chi connectivity index (χ4n) is 1.93. The second-order valence-corrected chi connectivity index (χ2v) is 5.29. The number of rotatable bonds is 7. The van der Waals surface area contributed by atoms with Crippen LogP contribution in [0.4, 0.5) is 5.69 Å². The van der Waals surface area contributed by atoms with Gasteiger partial charge in [0.15, 0.2) is 0 Å². The van der Waals surface area contributed by atoms with Gasteiger partial charge in [0.25, 0.3) is 5.69 Å². The lowest BCUT2D eigenvalue weighted by molar-refractivity contribution is -0.384. The second kappa shape index (κ2) is 7.46. The van der Waals surface area contributed by atoms with Gasteiger partial charge in [0, 0.05) is 19.2 Å². The van der Waals surface area contributed by atoms with Crippen molar-refractivity contribution in [2.75, 3.05) is 13.1 Å². The van der Waals surface area contributed by atoms with Crippen LogP contribution in [-0.4, -0.2) is 22.9 Å². The van der Waals surface area contributed by atoms with Crippen molar-refractivity contribution in [1.29, 1.82) is 0 Å². The summed E-state index contributed by atoms with van der Waals surface area (Å²) in [5, 5.41) is 11.1. The van der Waals surface area contributed by atoms with Gasteiger partial charge < -0.3 is 0 Å². The zero-order valence-corrected chi connectivity index (χ0v) is 12.5. The highest BCUT2D eigenvalue weighted by atomic mass is 35.5. The molecule has 0 spiro atoms. The highest BCUT2D eigenvalue weighted by Gasteiger charge is 2.14. The lowest BCUT2D eigenvalue weighted by Gasteiger charge is -2.23. The van der Waals surface area contributed by atoms with Crippen molar-refractivity contribution in [1.82, 2.24) is 4.90 Å². The molecule has 1 rings (SSSR count). The Morgan fingerprint density at radius 2 is 2.11 bits per heavy atom. The van der Waals surface area contributed by atoms with E-state index in [-0.39, 0.29) is 10.7 Å². The fraction of sp³-hybridized carbons (Fsp3) is 0.571. The van der Waals surface area contributed by atoms with Crippen molar-refractivity contribution in [3.63, 3.8) is 0 Å². The Bertz CT molecular complexity index is 437. The number of hydrogen-bond donors (Lipinski definition) is 0.